The van der Waals surface area contributed by atoms with Crippen LogP contribution in [0.15, 0.2) is 11.6 Å². The van der Waals surface area contributed by atoms with Crippen LogP contribution in [-0.4, -0.2) is 23.9 Å². The lowest BCUT2D eigenvalue weighted by Gasteiger charge is -2.31. The summed E-state index contributed by atoms with van der Waals surface area (Å²) in [5, 5.41) is 0. The molecule has 1 rings (SSSR count). The highest BCUT2D eigenvalue weighted by Crippen LogP contribution is 2.29. The highest BCUT2D eigenvalue weighted by atomic mass is 16.2. The van der Waals surface area contributed by atoms with E-state index in [9.17, 15) is 4.79 Å². The Bertz CT molecular complexity index is 235. The van der Waals surface area contributed by atoms with Crippen molar-refractivity contribution in [3.63, 3.8) is 0 Å². The molecule has 0 unspecified atom stereocenters. The summed E-state index contributed by atoms with van der Waals surface area (Å²) >= 11 is 0. The second-order valence-corrected chi connectivity index (χ2v) is 4.69. The van der Waals surface area contributed by atoms with E-state index in [4.69, 9.17) is 0 Å². The number of carbonyl (C=O) groups excluding carboxylic acids is 1. The van der Waals surface area contributed by atoms with Gasteiger partial charge in [-0.1, -0.05) is 32.4 Å². The highest BCUT2D eigenvalue weighted by Gasteiger charge is 2.21. The number of nitrogens with zero attached hydrogens (tertiary/aromatic N) is 1. The van der Waals surface area contributed by atoms with Gasteiger partial charge in [-0.2, -0.15) is 0 Å². The predicted octanol–water partition coefficient (Wildman–Crippen LogP) is 2.21. The third-order valence-corrected chi connectivity index (χ3v) is 2.62. The van der Waals surface area contributed by atoms with Gasteiger partial charge >= 0.3 is 0 Å². The van der Waals surface area contributed by atoms with Gasteiger partial charge in [0.05, 0.1) is 0 Å². The van der Waals surface area contributed by atoms with E-state index in [0.717, 1.165) is 19.5 Å². The van der Waals surface area contributed by atoms with Crippen LogP contribution in [0.3, 0.4) is 0 Å². The lowest BCUT2D eigenvalue weighted by atomic mass is 9.83. The minimum absolute atomic E-state index is 0.184. The fourth-order valence-electron chi connectivity index (χ4n) is 1.64. The molecule has 0 saturated heterocycles. The Kier molecular flexibility index (Phi) is 2.79. The van der Waals surface area contributed by atoms with Gasteiger partial charge < -0.3 is 4.90 Å². The molecule has 0 spiro atoms. The maximum atomic E-state index is 11.1. The smallest absolute Gasteiger partial charge is 0.219 e. The molecule has 0 aromatic rings. The maximum absolute atomic E-state index is 11.1. The Morgan fingerprint density at radius 1 is 1.46 bits per heavy atom. The van der Waals surface area contributed by atoms with E-state index in [-0.39, 0.29) is 11.3 Å². The molecule has 0 fully saturated rings. The summed E-state index contributed by atoms with van der Waals surface area (Å²) in [7, 11) is 0. The normalized spacial score (nSPS) is 18.5. The van der Waals surface area contributed by atoms with Gasteiger partial charge in [0.2, 0.25) is 5.91 Å². The fraction of sp³-hybridized carbons (Fsp3) is 0.727. The maximum Gasteiger partial charge on any atom is 0.219 e. The Hall–Kier alpha value is -0.790. The molecular formula is C11H19NO. The van der Waals surface area contributed by atoms with Crippen molar-refractivity contribution in [3.05, 3.63) is 11.6 Å². The van der Waals surface area contributed by atoms with Gasteiger partial charge in [-0.05, 0) is 11.8 Å². The molecule has 13 heavy (non-hydrogen) atoms. The minimum Gasteiger partial charge on any atom is -0.339 e. The molecule has 1 aliphatic rings. The van der Waals surface area contributed by atoms with Crippen LogP contribution in [0.25, 0.3) is 0 Å². The first-order valence-corrected chi connectivity index (χ1v) is 4.86. The molecule has 0 aliphatic carbocycles. The van der Waals surface area contributed by atoms with Crippen molar-refractivity contribution in [2.75, 3.05) is 13.1 Å². The minimum atomic E-state index is 0.184. The number of hydrogen-bond donors (Lipinski definition) is 0. The van der Waals surface area contributed by atoms with E-state index in [2.05, 4.69) is 26.8 Å². The molecule has 0 N–H and O–H groups in total. The van der Waals surface area contributed by atoms with Gasteiger partial charge in [0, 0.05) is 20.0 Å². The van der Waals surface area contributed by atoms with Crippen LogP contribution in [-0.2, 0) is 4.79 Å². The van der Waals surface area contributed by atoms with Gasteiger partial charge in [-0.25, -0.2) is 0 Å². The topological polar surface area (TPSA) is 20.3 Å². The summed E-state index contributed by atoms with van der Waals surface area (Å²) in [6, 6.07) is 0. The zero-order chi connectivity index (χ0) is 10.1. The molecule has 2 heteroatoms. The van der Waals surface area contributed by atoms with E-state index in [1.54, 1.807) is 6.92 Å². The summed E-state index contributed by atoms with van der Waals surface area (Å²) in [6.45, 7) is 9.99. The van der Waals surface area contributed by atoms with E-state index in [0.29, 0.717) is 0 Å². The van der Waals surface area contributed by atoms with Crippen LogP contribution >= 0.6 is 0 Å². The van der Waals surface area contributed by atoms with Crippen molar-refractivity contribution in [2.45, 2.75) is 34.1 Å². The van der Waals surface area contributed by atoms with Crippen molar-refractivity contribution in [1.29, 1.82) is 0 Å². The van der Waals surface area contributed by atoms with Crippen molar-refractivity contribution in [2.24, 2.45) is 5.41 Å². The summed E-state index contributed by atoms with van der Waals surface area (Å²) < 4.78 is 0. The summed E-state index contributed by atoms with van der Waals surface area (Å²) in [6.07, 6.45) is 3.23. The zero-order valence-electron chi connectivity index (χ0n) is 9.05. The van der Waals surface area contributed by atoms with Crippen LogP contribution in [0.1, 0.15) is 34.1 Å². The summed E-state index contributed by atoms with van der Waals surface area (Å²) in [4.78, 5) is 12.9. The summed E-state index contributed by atoms with van der Waals surface area (Å²) in [5.41, 5.74) is 1.74. The quantitative estimate of drug-likeness (QED) is 0.525. The zero-order valence-corrected chi connectivity index (χ0v) is 9.05. The second kappa shape index (κ2) is 3.52. The lowest BCUT2D eigenvalue weighted by Crippen LogP contribution is -2.34. The molecule has 1 aliphatic heterocycles. The van der Waals surface area contributed by atoms with Crippen LogP contribution in [0, 0.1) is 5.41 Å². The SMILES string of the molecule is CC(=O)N1CC=C(C(C)(C)C)CC1. The molecule has 0 radical (unpaired) electrons. The average Bonchev–Trinajstić information content (AvgIpc) is 2.03. The number of carbonyl (C=O) groups is 1. The monoisotopic (exact) mass is 181 g/mol. The molecule has 1 heterocycles. The number of hydrogen-bond acceptors (Lipinski definition) is 1. The largest absolute Gasteiger partial charge is 0.339 e. The Morgan fingerprint density at radius 3 is 2.38 bits per heavy atom. The molecule has 1 amide bonds. The Labute approximate surface area is 80.6 Å². The molecule has 0 bridgehead atoms. The van der Waals surface area contributed by atoms with Crippen molar-refractivity contribution in [3.8, 4) is 0 Å². The van der Waals surface area contributed by atoms with Gasteiger partial charge in [-0.3, -0.25) is 4.79 Å². The standard InChI is InChI=1S/C11H19NO/c1-9(13)12-7-5-10(6-8-12)11(2,3)4/h5H,6-8H2,1-4H3. The van der Waals surface area contributed by atoms with Crippen molar-refractivity contribution < 1.29 is 4.79 Å². The molecule has 0 aromatic heterocycles. The Balaban J connectivity index is 2.63. The molecule has 0 atom stereocenters. The molecule has 74 valence electrons. The van der Waals surface area contributed by atoms with Gasteiger partial charge in [-0.15, -0.1) is 0 Å². The third-order valence-electron chi connectivity index (χ3n) is 2.62. The van der Waals surface area contributed by atoms with Gasteiger partial charge in [0.15, 0.2) is 0 Å². The summed E-state index contributed by atoms with van der Waals surface area (Å²) in [5.74, 6) is 0.184. The van der Waals surface area contributed by atoms with Crippen LogP contribution in [0.4, 0.5) is 0 Å². The fourth-order valence-corrected chi connectivity index (χ4v) is 1.64. The first-order chi connectivity index (χ1) is 5.91. The number of rotatable bonds is 0. The van der Waals surface area contributed by atoms with Crippen molar-refractivity contribution >= 4 is 5.91 Å². The first-order valence-electron chi connectivity index (χ1n) is 4.86. The lowest BCUT2D eigenvalue weighted by molar-refractivity contribution is -0.128. The molecule has 0 saturated carbocycles. The third kappa shape index (κ3) is 2.58. The Morgan fingerprint density at radius 2 is 2.08 bits per heavy atom. The van der Waals surface area contributed by atoms with E-state index in [1.165, 1.54) is 5.57 Å². The first kappa shape index (κ1) is 10.3. The van der Waals surface area contributed by atoms with Crippen LogP contribution < -0.4 is 0 Å². The van der Waals surface area contributed by atoms with Crippen LogP contribution in [0.5, 0.6) is 0 Å². The van der Waals surface area contributed by atoms with E-state index in [1.807, 2.05) is 4.90 Å². The van der Waals surface area contributed by atoms with E-state index < -0.39 is 0 Å². The molecular weight excluding hydrogens is 162 g/mol. The predicted molar refractivity (Wildman–Crippen MR) is 54.4 cm³/mol. The van der Waals surface area contributed by atoms with E-state index >= 15 is 0 Å². The molecule has 2 nitrogen and oxygen atoms in total. The highest BCUT2D eigenvalue weighted by molar-refractivity contribution is 5.73. The second-order valence-electron chi connectivity index (χ2n) is 4.69. The van der Waals surface area contributed by atoms with Crippen LogP contribution in [0.2, 0.25) is 0 Å². The average molecular weight is 181 g/mol. The molecule has 0 aromatic carbocycles. The van der Waals surface area contributed by atoms with Crippen molar-refractivity contribution in [1.82, 2.24) is 4.90 Å². The van der Waals surface area contributed by atoms with Gasteiger partial charge in [0.25, 0.3) is 0 Å². The number of amides is 1. The van der Waals surface area contributed by atoms with Gasteiger partial charge in [0.1, 0.15) is 0 Å².